The summed E-state index contributed by atoms with van der Waals surface area (Å²) in [5.74, 6) is 0. The SMILES string of the molecule is CC1(C)c2ccccc2-c2c(N(c3ccccc3)c3ccc(-c4cc5ccccc5c5ccccc45)cc3)cc3ccccc3c21. The molecule has 8 aromatic carbocycles. The molecule has 0 atom stereocenters. The molecule has 1 nitrogen and oxygen atoms in total. The van der Waals surface area contributed by atoms with Gasteiger partial charge in [-0.15, -0.1) is 0 Å². The van der Waals surface area contributed by atoms with Crippen LogP contribution in [0.1, 0.15) is 25.0 Å². The van der Waals surface area contributed by atoms with Gasteiger partial charge in [-0.05, 0) is 96.5 Å². The Balaban J connectivity index is 1.28. The molecule has 218 valence electrons. The summed E-state index contributed by atoms with van der Waals surface area (Å²) < 4.78 is 0. The van der Waals surface area contributed by atoms with E-state index in [4.69, 9.17) is 0 Å². The summed E-state index contributed by atoms with van der Waals surface area (Å²) in [5, 5.41) is 7.71. The van der Waals surface area contributed by atoms with Gasteiger partial charge in [0.25, 0.3) is 0 Å². The first kappa shape index (κ1) is 26.7. The minimum Gasteiger partial charge on any atom is -0.310 e. The third kappa shape index (κ3) is 3.95. The molecule has 0 bridgehead atoms. The maximum atomic E-state index is 2.45. The van der Waals surface area contributed by atoms with E-state index in [0.717, 1.165) is 11.4 Å². The number of fused-ring (bicyclic) bond motifs is 8. The highest BCUT2D eigenvalue weighted by molar-refractivity contribution is 6.14. The molecule has 8 aromatic rings. The first-order chi connectivity index (χ1) is 22.6. The van der Waals surface area contributed by atoms with E-state index in [9.17, 15) is 0 Å². The molecule has 46 heavy (non-hydrogen) atoms. The quantitative estimate of drug-likeness (QED) is 0.185. The Labute approximate surface area is 270 Å². The third-order valence-electron chi connectivity index (χ3n) is 9.98. The van der Waals surface area contributed by atoms with Crippen LogP contribution in [0.3, 0.4) is 0 Å². The summed E-state index contributed by atoms with van der Waals surface area (Å²) in [6.07, 6.45) is 0. The molecule has 9 rings (SSSR count). The Morgan fingerprint density at radius 2 is 1.00 bits per heavy atom. The van der Waals surface area contributed by atoms with E-state index >= 15 is 0 Å². The molecule has 0 fully saturated rings. The molecule has 0 N–H and O–H groups in total. The summed E-state index contributed by atoms with van der Waals surface area (Å²) in [4.78, 5) is 2.45. The second-order valence-electron chi connectivity index (χ2n) is 12.9. The Hall–Kier alpha value is -5.66. The number of nitrogens with zero attached hydrogens (tertiary/aromatic N) is 1. The van der Waals surface area contributed by atoms with Crippen molar-refractivity contribution in [3.05, 3.63) is 175 Å². The zero-order valence-corrected chi connectivity index (χ0v) is 26.0. The zero-order chi connectivity index (χ0) is 30.8. The van der Waals surface area contributed by atoms with Gasteiger partial charge in [0.15, 0.2) is 0 Å². The number of anilines is 3. The minimum absolute atomic E-state index is 0.120. The smallest absolute Gasteiger partial charge is 0.0549 e. The average Bonchev–Trinajstić information content (AvgIpc) is 3.36. The van der Waals surface area contributed by atoms with E-state index in [1.54, 1.807) is 0 Å². The standard InChI is InChI=1S/C45H33N/c1-45(2)41-23-13-12-22-39(41)43-42(29-32-15-7-9-19-36(32)44(43)45)46(33-16-4-3-5-17-33)34-26-24-30(25-27-34)40-28-31-14-6-8-18-35(31)37-20-10-11-21-38(37)40/h3-29H,1-2H3. The number of rotatable bonds is 4. The summed E-state index contributed by atoms with van der Waals surface area (Å²) in [7, 11) is 0. The number of benzene rings is 8. The zero-order valence-electron chi connectivity index (χ0n) is 26.0. The predicted molar refractivity (Wildman–Crippen MR) is 197 cm³/mol. The van der Waals surface area contributed by atoms with Crippen LogP contribution in [0, 0.1) is 0 Å². The van der Waals surface area contributed by atoms with Crippen molar-refractivity contribution in [2.45, 2.75) is 19.3 Å². The van der Waals surface area contributed by atoms with Crippen LogP contribution >= 0.6 is 0 Å². The molecule has 1 aliphatic rings. The Morgan fingerprint density at radius 1 is 0.435 bits per heavy atom. The molecule has 0 spiro atoms. The van der Waals surface area contributed by atoms with Crippen molar-refractivity contribution in [2.24, 2.45) is 0 Å². The summed E-state index contributed by atoms with van der Waals surface area (Å²) in [6, 6.07) is 60.0. The van der Waals surface area contributed by atoms with Crippen LogP contribution in [0.5, 0.6) is 0 Å². The molecule has 0 saturated heterocycles. The first-order valence-electron chi connectivity index (χ1n) is 16.1. The van der Waals surface area contributed by atoms with Gasteiger partial charge in [0.2, 0.25) is 0 Å². The summed E-state index contributed by atoms with van der Waals surface area (Å²) in [6.45, 7) is 4.76. The molecule has 0 heterocycles. The van der Waals surface area contributed by atoms with Crippen molar-refractivity contribution >= 4 is 49.4 Å². The van der Waals surface area contributed by atoms with Crippen LogP contribution < -0.4 is 4.90 Å². The van der Waals surface area contributed by atoms with E-state index in [1.807, 2.05) is 0 Å². The van der Waals surface area contributed by atoms with Crippen molar-refractivity contribution in [3.63, 3.8) is 0 Å². The van der Waals surface area contributed by atoms with Gasteiger partial charge in [0.05, 0.1) is 5.69 Å². The Bertz CT molecular complexity index is 2430. The Morgan fingerprint density at radius 3 is 1.76 bits per heavy atom. The summed E-state index contributed by atoms with van der Waals surface area (Å²) in [5.41, 5.74) is 11.3. The van der Waals surface area contributed by atoms with Crippen molar-refractivity contribution in [3.8, 4) is 22.3 Å². The Kier molecular flexibility index (Phi) is 5.92. The second kappa shape index (κ2) is 10.2. The topological polar surface area (TPSA) is 3.24 Å². The van der Waals surface area contributed by atoms with E-state index in [0.29, 0.717) is 0 Å². The highest BCUT2D eigenvalue weighted by Crippen LogP contribution is 2.56. The molecule has 0 amide bonds. The van der Waals surface area contributed by atoms with E-state index in [1.165, 1.54) is 71.4 Å². The van der Waals surface area contributed by atoms with Gasteiger partial charge in [-0.2, -0.15) is 0 Å². The third-order valence-corrected chi connectivity index (χ3v) is 9.98. The van der Waals surface area contributed by atoms with Gasteiger partial charge in [-0.1, -0.05) is 141 Å². The largest absolute Gasteiger partial charge is 0.310 e. The molecule has 1 heteroatoms. The van der Waals surface area contributed by atoms with Crippen LogP contribution in [-0.4, -0.2) is 0 Å². The normalized spacial score (nSPS) is 13.2. The van der Waals surface area contributed by atoms with E-state index in [2.05, 4.69) is 183 Å². The molecule has 0 aliphatic heterocycles. The van der Waals surface area contributed by atoms with Crippen LogP contribution in [0.15, 0.2) is 164 Å². The highest BCUT2D eigenvalue weighted by atomic mass is 15.1. The van der Waals surface area contributed by atoms with Crippen molar-refractivity contribution in [1.29, 1.82) is 0 Å². The fourth-order valence-corrected chi connectivity index (χ4v) is 7.90. The monoisotopic (exact) mass is 587 g/mol. The maximum absolute atomic E-state index is 2.45. The first-order valence-corrected chi connectivity index (χ1v) is 16.1. The van der Waals surface area contributed by atoms with Crippen molar-refractivity contribution in [1.82, 2.24) is 0 Å². The fraction of sp³-hybridized carbons (Fsp3) is 0.0667. The minimum atomic E-state index is -0.120. The molecule has 0 radical (unpaired) electrons. The van der Waals surface area contributed by atoms with E-state index in [-0.39, 0.29) is 5.41 Å². The van der Waals surface area contributed by atoms with Crippen molar-refractivity contribution < 1.29 is 0 Å². The lowest BCUT2D eigenvalue weighted by molar-refractivity contribution is 0.666. The number of hydrogen-bond donors (Lipinski definition) is 0. The van der Waals surface area contributed by atoms with Gasteiger partial charge in [0, 0.05) is 22.4 Å². The van der Waals surface area contributed by atoms with Gasteiger partial charge < -0.3 is 4.90 Å². The van der Waals surface area contributed by atoms with Crippen LogP contribution in [0.25, 0.3) is 54.6 Å². The molecule has 0 saturated carbocycles. The fourth-order valence-electron chi connectivity index (χ4n) is 7.90. The maximum Gasteiger partial charge on any atom is 0.0549 e. The number of hydrogen-bond acceptors (Lipinski definition) is 1. The molecular weight excluding hydrogens is 555 g/mol. The van der Waals surface area contributed by atoms with Crippen LogP contribution in [0.2, 0.25) is 0 Å². The lowest BCUT2D eigenvalue weighted by Gasteiger charge is -2.30. The molecule has 1 aliphatic carbocycles. The van der Waals surface area contributed by atoms with Gasteiger partial charge >= 0.3 is 0 Å². The van der Waals surface area contributed by atoms with Gasteiger partial charge in [-0.3, -0.25) is 0 Å². The second-order valence-corrected chi connectivity index (χ2v) is 12.9. The number of para-hydroxylation sites is 1. The summed E-state index contributed by atoms with van der Waals surface area (Å²) >= 11 is 0. The lowest BCUT2D eigenvalue weighted by atomic mass is 9.80. The van der Waals surface area contributed by atoms with Crippen LogP contribution in [-0.2, 0) is 5.41 Å². The molecule has 0 aromatic heterocycles. The highest BCUT2D eigenvalue weighted by Gasteiger charge is 2.39. The van der Waals surface area contributed by atoms with Gasteiger partial charge in [0.1, 0.15) is 0 Å². The average molecular weight is 588 g/mol. The van der Waals surface area contributed by atoms with Crippen LogP contribution in [0.4, 0.5) is 17.1 Å². The molecular formula is C45H33N. The predicted octanol–water partition coefficient (Wildman–Crippen LogP) is 12.6. The van der Waals surface area contributed by atoms with Gasteiger partial charge in [-0.25, -0.2) is 0 Å². The lowest BCUT2D eigenvalue weighted by Crippen LogP contribution is -2.16. The van der Waals surface area contributed by atoms with E-state index < -0.39 is 0 Å². The van der Waals surface area contributed by atoms with Crippen molar-refractivity contribution in [2.75, 3.05) is 4.90 Å². The molecule has 0 unspecified atom stereocenters.